The highest BCUT2D eigenvalue weighted by Gasteiger charge is 2.20. The molecule has 63 heavy (non-hydrogen) atoms. The van der Waals surface area contributed by atoms with Gasteiger partial charge in [0.2, 0.25) is 0 Å². The summed E-state index contributed by atoms with van der Waals surface area (Å²) in [5.74, 6) is 0.717. The van der Waals surface area contributed by atoms with Crippen molar-refractivity contribution in [3.8, 4) is 28.3 Å². The van der Waals surface area contributed by atoms with Gasteiger partial charge in [0.15, 0.2) is 5.82 Å². The van der Waals surface area contributed by atoms with Crippen molar-refractivity contribution in [1.29, 1.82) is 0 Å². The molecule has 0 fully saturated rings. The number of benzene rings is 12. The molecule has 0 bridgehead atoms. The lowest BCUT2D eigenvalue weighted by Crippen LogP contribution is -1.96. The van der Waals surface area contributed by atoms with E-state index in [2.05, 4.69) is 217 Å². The number of para-hydroxylation sites is 1. The number of rotatable bonds is 3. The van der Waals surface area contributed by atoms with E-state index in [0.717, 1.165) is 44.6 Å². The van der Waals surface area contributed by atoms with Gasteiger partial charge in [0.1, 0.15) is 0 Å². The number of nitrogens with zero attached hydrogens (tertiary/aromatic N) is 3. The fourth-order valence-electron chi connectivity index (χ4n) is 10.7. The largest absolute Gasteiger partial charge is 0.309 e. The van der Waals surface area contributed by atoms with Crippen LogP contribution in [-0.4, -0.2) is 14.5 Å². The van der Waals surface area contributed by atoms with Gasteiger partial charge in [-0.25, -0.2) is 9.97 Å². The minimum absolute atomic E-state index is 0.717. The first kappa shape index (κ1) is 34.3. The van der Waals surface area contributed by atoms with Gasteiger partial charge >= 0.3 is 0 Å². The van der Waals surface area contributed by atoms with Crippen LogP contribution < -0.4 is 0 Å². The summed E-state index contributed by atoms with van der Waals surface area (Å²) in [6.45, 7) is 0. The lowest BCUT2D eigenvalue weighted by Gasteiger charge is -2.15. The molecule has 14 aromatic rings. The molecule has 0 amide bonds. The van der Waals surface area contributed by atoms with Crippen LogP contribution in [0.25, 0.3) is 136 Å². The zero-order valence-corrected chi connectivity index (χ0v) is 34.0. The molecule has 3 heteroatoms. The van der Waals surface area contributed by atoms with E-state index in [-0.39, 0.29) is 0 Å². The third-order valence-corrected chi connectivity index (χ3v) is 13.5. The molecule has 0 saturated carbocycles. The second-order valence-corrected chi connectivity index (χ2v) is 16.8. The Morgan fingerprint density at radius 2 is 0.746 bits per heavy atom. The number of aromatic nitrogens is 3. The molecule has 14 rings (SSSR count). The summed E-state index contributed by atoms with van der Waals surface area (Å²) in [7, 11) is 0. The summed E-state index contributed by atoms with van der Waals surface area (Å²) in [6.07, 6.45) is 0. The molecule has 0 spiro atoms. The van der Waals surface area contributed by atoms with Crippen molar-refractivity contribution in [3.63, 3.8) is 0 Å². The van der Waals surface area contributed by atoms with Crippen LogP contribution in [0.15, 0.2) is 212 Å². The van der Waals surface area contributed by atoms with Crippen molar-refractivity contribution < 1.29 is 0 Å². The van der Waals surface area contributed by atoms with E-state index in [1.54, 1.807) is 0 Å². The average molecular weight is 798 g/mol. The van der Waals surface area contributed by atoms with Crippen LogP contribution in [0, 0.1) is 0 Å². The maximum atomic E-state index is 5.40. The average Bonchev–Trinajstić information content (AvgIpc) is 3.67. The second kappa shape index (κ2) is 13.1. The van der Waals surface area contributed by atoms with Gasteiger partial charge in [0.25, 0.3) is 0 Å². The molecule has 290 valence electrons. The van der Waals surface area contributed by atoms with E-state index in [1.807, 2.05) is 0 Å². The third-order valence-electron chi connectivity index (χ3n) is 13.5. The molecule has 0 radical (unpaired) electrons. The number of hydrogen-bond donors (Lipinski definition) is 0. The molecule has 0 atom stereocenters. The van der Waals surface area contributed by atoms with Crippen molar-refractivity contribution in [2.24, 2.45) is 0 Å². The van der Waals surface area contributed by atoms with Crippen LogP contribution in [0.2, 0.25) is 0 Å². The van der Waals surface area contributed by atoms with Gasteiger partial charge in [-0.05, 0) is 124 Å². The standard InChI is InChI=1S/C60H35N3/c1-3-16-37(17-4-1)59-58-40-20-8-7-15-36(40)28-30-55(58)61-60(62-59)38-27-29-47-48(31-38)45-25-13-14-26-46(45)50-33-54-53-32-49-43-23-11-9-21-41(43)42-22-10-12-24-44(42)51(49)34-56(53)63(57(54)35-52(47)50)39-18-5-2-6-19-39/h1-35H. The molecular weight excluding hydrogens is 763 g/mol. The van der Waals surface area contributed by atoms with Crippen LogP contribution in [-0.2, 0) is 0 Å². The molecule has 0 aliphatic heterocycles. The van der Waals surface area contributed by atoms with Gasteiger partial charge in [0.05, 0.1) is 22.2 Å². The summed E-state index contributed by atoms with van der Waals surface area (Å²) in [5.41, 5.74) is 7.48. The smallest absolute Gasteiger partial charge is 0.160 e. The van der Waals surface area contributed by atoms with Crippen LogP contribution in [0.5, 0.6) is 0 Å². The summed E-state index contributed by atoms with van der Waals surface area (Å²) in [4.78, 5) is 10.7. The molecule has 0 aliphatic rings. The Morgan fingerprint density at radius 3 is 1.33 bits per heavy atom. The monoisotopic (exact) mass is 797 g/mol. The Bertz CT molecular complexity index is 4240. The molecule has 0 aliphatic carbocycles. The maximum Gasteiger partial charge on any atom is 0.160 e. The highest BCUT2D eigenvalue weighted by atomic mass is 15.0. The van der Waals surface area contributed by atoms with E-state index in [4.69, 9.17) is 9.97 Å². The van der Waals surface area contributed by atoms with Crippen molar-refractivity contribution in [2.45, 2.75) is 0 Å². The Labute approximate surface area is 361 Å². The van der Waals surface area contributed by atoms with Gasteiger partial charge in [-0.3, -0.25) is 0 Å². The molecule has 3 nitrogen and oxygen atoms in total. The SMILES string of the molecule is c1ccc(-c2nc(-c3ccc4c(c3)c3ccccc3c3cc5c6cc7c8ccccc8c8ccccc8c7cc6n(-c6ccccc6)c5cc43)nc3ccc4ccccc4c23)cc1. The predicted octanol–water partition coefficient (Wildman–Crippen LogP) is 16.1. The normalized spacial score (nSPS) is 12.1. The molecule has 12 aromatic carbocycles. The van der Waals surface area contributed by atoms with Crippen LogP contribution >= 0.6 is 0 Å². The lowest BCUT2D eigenvalue weighted by atomic mass is 9.91. The van der Waals surface area contributed by atoms with E-state index in [1.165, 1.54) is 91.8 Å². The first-order valence-electron chi connectivity index (χ1n) is 21.7. The van der Waals surface area contributed by atoms with Crippen molar-refractivity contribution in [1.82, 2.24) is 14.5 Å². The minimum atomic E-state index is 0.717. The first-order valence-corrected chi connectivity index (χ1v) is 21.7. The summed E-state index contributed by atoms with van der Waals surface area (Å²) >= 11 is 0. The van der Waals surface area contributed by atoms with Crippen LogP contribution in [0.1, 0.15) is 0 Å². The maximum absolute atomic E-state index is 5.40. The highest BCUT2D eigenvalue weighted by molar-refractivity contribution is 6.32. The van der Waals surface area contributed by atoms with E-state index < -0.39 is 0 Å². The van der Waals surface area contributed by atoms with E-state index in [0.29, 0.717) is 0 Å². The molecular formula is C60H35N3. The quantitative estimate of drug-likeness (QED) is 0.167. The Hall–Kier alpha value is -8.40. The van der Waals surface area contributed by atoms with Crippen molar-refractivity contribution in [2.75, 3.05) is 0 Å². The molecule has 0 unspecified atom stereocenters. The number of hydrogen-bond acceptors (Lipinski definition) is 2. The second-order valence-electron chi connectivity index (χ2n) is 16.8. The van der Waals surface area contributed by atoms with E-state index >= 15 is 0 Å². The van der Waals surface area contributed by atoms with Gasteiger partial charge in [-0.1, -0.05) is 164 Å². The zero-order chi connectivity index (χ0) is 41.2. The van der Waals surface area contributed by atoms with Crippen LogP contribution in [0.4, 0.5) is 0 Å². The first-order chi connectivity index (χ1) is 31.2. The van der Waals surface area contributed by atoms with Gasteiger partial charge in [0, 0.05) is 33.0 Å². The topological polar surface area (TPSA) is 30.7 Å². The summed E-state index contributed by atoms with van der Waals surface area (Å²) in [5, 5.41) is 20.9. The van der Waals surface area contributed by atoms with Gasteiger partial charge in [-0.2, -0.15) is 0 Å². The molecule has 2 heterocycles. The van der Waals surface area contributed by atoms with Crippen molar-refractivity contribution in [3.05, 3.63) is 212 Å². The fraction of sp³-hybridized carbons (Fsp3) is 0. The third kappa shape index (κ3) is 4.96. The minimum Gasteiger partial charge on any atom is -0.309 e. The molecule has 0 saturated heterocycles. The van der Waals surface area contributed by atoms with Crippen LogP contribution in [0.3, 0.4) is 0 Å². The lowest BCUT2D eigenvalue weighted by molar-refractivity contribution is 1.18. The zero-order valence-electron chi connectivity index (χ0n) is 34.0. The Balaban J connectivity index is 1.07. The highest BCUT2D eigenvalue weighted by Crippen LogP contribution is 2.45. The summed E-state index contributed by atoms with van der Waals surface area (Å²) < 4.78 is 2.47. The van der Waals surface area contributed by atoms with E-state index in [9.17, 15) is 0 Å². The van der Waals surface area contributed by atoms with Gasteiger partial charge in [-0.15, -0.1) is 0 Å². The Morgan fingerprint density at radius 1 is 0.286 bits per heavy atom. The molecule has 0 N–H and O–H groups in total. The Kier molecular flexibility index (Phi) is 7.11. The number of fused-ring (bicyclic) bond motifs is 18. The summed E-state index contributed by atoms with van der Waals surface area (Å²) in [6, 6.07) is 77.4. The molecule has 2 aromatic heterocycles. The predicted molar refractivity (Wildman–Crippen MR) is 267 cm³/mol. The van der Waals surface area contributed by atoms with Crippen molar-refractivity contribution >= 4 is 108 Å². The van der Waals surface area contributed by atoms with Gasteiger partial charge < -0.3 is 4.57 Å². The fourth-order valence-corrected chi connectivity index (χ4v) is 10.7.